The average molecular weight is 279 g/mol. The minimum atomic E-state index is -0.357. The van der Waals surface area contributed by atoms with E-state index in [1.807, 2.05) is 19.1 Å². The fourth-order valence-corrected chi connectivity index (χ4v) is 2.98. The highest BCUT2D eigenvalue weighted by atomic mass is 79.9. The highest BCUT2D eigenvalue weighted by Crippen LogP contribution is 2.31. The molecule has 0 aromatic carbocycles. The van der Waals surface area contributed by atoms with Gasteiger partial charge in [0.05, 0.1) is 17.0 Å². The Bertz CT molecular complexity index is 273. The Morgan fingerprint density at radius 1 is 1.36 bits per heavy atom. The fourth-order valence-electron chi connectivity index (χ4n) is 1.33. The van der Waals surface area contributed by atoms with Crippen molar-refractivity contribution < 1.29 is 10.2 Å². The van der Waals surface area contributed by atoms with Gasteiger partial charge in [0.25, 0.3) is 0 Å². The maximum atomic E-state index is 9.28. The van der Waals surface area contributed by atoms with E-state index in [-0.39, 0.29) is 18.6 Å². The quantitative estimate of drug-likeness (QED) is 0.869. The lowest BCUT2D eigenvalue weighted by Gasteiger charge is -2.27. The first-order valence-corrected chi connectivity index (χ1v) is 6.22. The summed E-state index contributed by atoms with van der Waals surface area (Å²) in [6.07, 6.45) is 1.53. The molecule has 14 heavy (non-hydrogen) atoms. The molecule has 1 heterocycles. The van der Waals surface area contributed by atoms with Crippen molar-refractivity contribution >= 4 is 27.3 Å². The molecule has 0 unspecified atom stereocenters. The molecule has 0 aliphatic carbocycles. The predicted molar refractivity (Wildman–Crippen MR) is 62.6 cm³/mol. The lowest BCUT2D eigenvalue weighted by atomic mass is 9.83. The van der Waals surface area contributed by atoms with E-state index in [1.54, 1.807) is 11.3 Å². The molecule has 2 N–H and O–H groups in total. The Morgan fingerprint density at radius 3 is 2.36 bits per heavy atom. The van der Waals surface area contributed by atoms with Crippen molar-refractivity contribution in [1.29, 1.82) is 0 Å². The average Bonchev–Trinajstić information content (AvgIpc) is 2.61. The first-order valence-electron chi connectivity index (χ1n) is 4.62. The van der Waals surface area contributed by atoms with Gasteiger partial charge >= 0.3 is 0 Å². The van der Waals surface area contributed by atoms with Crippen LogP contribution in [0, 0.1) is 5.41 Å². The van der Waals surface area contributed by atoms with Crippen LogP contribution in [0.4, 0.5) is 0 Å². The van der Waals surface area contributed by atoms with E-state index in [9.17, 15) is 10.2 Å². The molecule has 0 saturated heterocycles. The molecule has 0 bridgehead atoms. The summed E-state index contributed by atoms with van der Waals surface area (Å²) in [7, 11) is 0. The van der Waals surface area contributed by atoms with Gasteiger partial charge in [0, 0.05) is 10.3 Å². The van der Waals surface area contributed by atoms with E-state index >= 15 is 0 Å². The summed E-state index contributed by atoms with van der Waals surface area (Å²) >= 11 is 5.05. The third-order valence-corrected chi connectivity index (χ3v) is 4.22. The van der Waals surface area contributed by atoms with Crippen molar-refractivity contribution in [2.45, 2.75) is 19.8 Å². The molecule has 0 atom stereocenters. The van der Waals surface area contributed by atoms with Crippen molar-refractivity contribution in [2.24, 2.45) is 5.41 Å². The van der Waals surface area contributed by atoms with Crippen LogP contribution in [-0.2, 0) is 6.42 Å². The predicted octanol–water partition coefficient (Wildman–Crippen LogP) is 2.43. The van der Waals surface area contributed by atoms with Crippen molar-refractivity contribution in [3.8, 4) is 0 Å². The summed E-state index contributed by atoms with van der Waals surface area (Å²) in [5.74, 6) is 0. The van der Waals surface area contributed by atoms with Gasteiger partial charge in [0.2, 0.25) is 0 Å². The molecule has 1 aromatic heterocycles. The second-order valence-corrected chi connectivity index (χ2v) is 6.10. The molecular weight excluding hydrogens is 264 g/mol. The normalized spacial score (nSPS) is 12.0. The first kappa shape index (κ1) is 12.2. The molecule has 4 heteroatoms. The van der Waals surface area contributed by atoms with Crippen molar-refractivity contribution in [3.63, 3.8) is 0 Å². The van der Waals surface area contributed by atoms with Gasteiger partial charge < -0.3 is 10.2 Å². The van der Waals surface area contributed by atoms with Gasteiger partial charge in [0.1, 0.15) is 0 Å². The standard InChI is InChI=1S/C10H15BrO2S/c1-2-10(6-12,7-13)5-8-3-4-9(11)14-8/h3-4,12-13H,2,5-7H2,1H3. The van der Waals surface area contributed by atoms with Gasteiger partial charge in [-0.25, -0.2) is 0 Å². The monoisotopic (exact) mass is 278 g/mol. The largest absolute Gasteiger partial charge is 0.396 e. The van der Waals surface area contributed by atoms with Crippen LogP contribution in [0.15, 0.2) is 15.9 Å². The number of hydrogen-bond donors (Lipinski definition) is 2. The van der Waals surface area contributed by atoms with E-state index < -0.39 is 0 Å². The van der Waals surface area contributed by atoms with E-state index in [1.165, 1.54) is 4.88 Å². The zero-order valence-corrected chi connectivity index (χ0v) is 10.6. The van der Waals surface area contributed by atoms with Crippen LogP contribution in [0.5, 0.6) is 0 Å². The maximum Gasteiger partial charge on any atom is 0.0701 e. The van der Waals surface area contributed by atoms with E-state index in [4.69, 9.17) is 0 Å². The van der Waals surface area contributed by atoms with Gasteiger partial charge in [-0.1, -0.05) is 6.92 Å². The first-order chi connectivity index (χ1) is 6.65. The maximum absolute atomic E-state index is 9.28. The van der Waals surface area contributed by atoms with E-state index in [2.05, 4.69) is 15.9 Å². The minimum absolute atomic E-state index is 0.0372. The van der Waals surface area contributed by atoms with Crippen LogP contribution in [0.25, 0.3) is 0 Å². The summed E-state index contributed by atoms with van der Waals surface area (Å²) in [5.41, 5.74) is -0.357. The van der Waals surface area contributed by atoms with Gasteiger partial charge in [-0.3, -0.25) is 0 Å². The van der Waals surface area contributed by atoms with Crippen molar-refractivity contribution in [2.75, 3.05) is 13.2 Å². The van der Waals surface area contributed by atoms with Crippen molar-refractivity contribution in [3.05, 3.63) is 20.8 Å². The number of aliphatic hydroxyl groups excluding tert-OH is 2. The Balaban J connectivity index is 2.73. The number of hydrogen-bond acceptors (Lipinski definition) is 3. The van der Waals surface area contributed by atoms with Crippen molar-refractivity contribution in [1.82, 2.24) is 0 Å². The number of aliphatic hydroxyl groups is 2. The van der Waals surface area contributed by atoms with Gasteiger partial charge in [0.15, 0.2) is 0 Å². The Labute approximate surface area is 96.7 Å². The van der Waals surface area contributed by atoms with E-state index in [0.717, 1.165) is 16.6 Å². The van der Waals surface area contributed by atoms with Gasteiger partial charge in [-0.2, -0.15) is 0 Å². The third kappa shape index (κ3) is 2.79. The summed E-state index contributed by atoms with van der Waals surface area (Å²) in [6.45, 7) is 2.07. The highest BCUT2D eigenvalue weighted by molar-refractivity contribution is 9.11. The smallest absolute Gasteiger partial charge is 0.0701 e. The van der Waals surface area contributed by atoms with E-state index in [0.29, 0.717) is 0 Å². The fraction of sp³-hybridized carbons (Fsp3) is 0.600. The molecule has 2 nitrogen and oxygen atoms in total. The molecule has 1 aromatic rings. The molecule has 0 saturated carbocycles. The summed E-state index contributed by atoms with van der Waals surface area (Å²) in [5, 5.41) is 18.6. The lowest BCUT2D eigenvalue weighted by molar-refractivity contribution is 0.0521. The molecule has 0 fully saturated rings. The summed E-state index contributed by atoms with van der Waals surface area (Å²) in [6, 6.07) is 4.03. The molecule has 0 amide bonds. The van der Waals surface area contributed by atoms with Crippen LogP contribution >= 0.6 is 27.3 Å². The number of rotatable bonds is 5. The molecule has 0 aliphatic rings. The van der Waals surface area contributed by atoms with Crippen LogP contribution in [0.2, 0.25) is 0 Å². The van der Waals surface area contributed by atoms with Crippen LogP contribution in [-0.4, -0.2) is 23.4 Å². The second kappa shape index (κ2) is 5.26. The Kier molecular flexibility index (Phi) is 4.57. The SMILES string of the molecule is CCC(CO)(CO)Cc1ccc(Br)s1. The second-order valence-electron chi connectivity index (χ2n) is 3.55. The zero-order chi connectivity index (χ0) is 10.6. The molecule has 1 rings (SSSR count). The highest BCUT2D eigenvalue weighted by Gasteiger charge is 2.27. The van der Waals surface area contributed by atoms with Crippen LogP contribution < -0.4 is 0 Å². The lowest BCUT2D eigenvalue weighted by Crippen LogP contribution is -2.31. The van der Waals surface area contributed by atoms with Gasteiger partial charge in [-0.15, -0.1) is 11.3 Å². The number of halogens is 1. The summed E-state index contributed by atoms with van der Waals surface area (Å²) < 4.78 is 1.09. The summed E-state index contributed by atoms with van der Waals surface area (Å²) in [4.78, 5) is 1.20. The topological polar surface area (TPSA) is 40.5 Å². The van der Waals surface area contributed by atoms with Crippen LogP contribution in [0.3, 0.4) is 0 Å². The number of thiophene rings is 1. The Morgan fingerprint density at radius 2 is 2.00 bits per heavy atom. The molecule has 0 aliphatic heterocycles. The molecular formula is C10H15BrO2S. The zero-order valence-electron chi connectivity index (χ0n) is 8.16. The minimum Gasteiger partial charge on any atom is -0.396 e. The van der Waals surface area contributed by atoms with Gasteiger partial charge in [-0.05, 0) is 40.9 Å². The molecule has 0 radical (unpaired) electrons. The molecule has 0 spiro atoms. The van der Waals surface area contributed by atoms with Crippen LogP contribution in [0.1, 0.15) is 18.2 Å². The third-order valence-electron chi connectivity index (χ3n) is 2.60. The molecule has 80 valence electrons. The Hall–Kier alpha value is 0.1000.